The molecule has 82 heavy (non-hydrogen) atoms. The van der Waals surface area contributed by atoms with Crippen molar-refractivity contribution in [1.82, 2.24) is 21.3 Å². The minimum atomic E-state index is -3.86. The van der Waals surface area contributed by atoms with Gasteiger partial charge in [0.15, 0.2) is 5.78 Å². The van der Waals surface area contributed by atoms with Crippen molar-refractivity contribution in [2.45, 2.75) is 166 Å². The summed E-state index contributed by atoms with van der Waals surface area (Å²) in [6.07, 6.45) is 14.5. The molecule has 0 spiro atoms. The number of carboxylic acid groups (broad SMARTS) is 3. The molecule has 473 valence electrons. The Bertz CT molecular complexity index is 1910. The monoisotopic (exact) mass is 1290 g/mol. The number of nitrogens with two attached hydrogens (primary N) is 1. The number of carbonyl (C=O) groups is 10. The summed E-state index contributed by atoms with van der Waals surface area (Å²) >= 11 is 1.15. The Kier molecular flexibility index (Phi) is 55.7. The Labute approximate surface area is 513 Å². The van der Waals surface area contributed by atoms with Gasteiger partial charge in [0.1, 0.15) is 37.4 Å². The molecule has 5 atom stereocenters. The Balaban J connectivity index is -0.00000992. The van der Waals surface area contributed by atoms with E-state index >= 15 is 0 Å². The predicted octanol–water partition coefficient (Wildman–Crippen LogP) is 2.44. The number of amides is 4. The van der Waals surface area contributed by atoms with Crippen molar-refractivity contribution < 1.29 is 133 Å². The van der Waals surface area contributed by atoms with Gasteiger partial charge in [-0.25, -0.2) is 9.59 Å². The molecule has 0 aliphatic rings. The molecule has 29 heteroatoms. The van der Waals surface area contributed by atoms with Crippen LogP contribution in [0.3, 0.4) is 0 Å². The number of hydrogen-bond acceptors (Lipinski definition) is 19. The Morgan fingerprint density at radius 1 is 0.585 bits per heavy atom. The van der Waals surface area contributed by atoms with Gasteiger partial charge in [0.25, 0.3) is 10.1 Å². The van der Waals surface area contributed by atoms with Crippen LogP contribution in [0.1, 0.15) is 148 Å². The van der Waals surface area contributed by atoms with Crippen LogP contribution in [0.15, 0.2) is 0 Å². The number of carboxylic acids is 3. The minimum absolute atomic E-state index is 0. The van der Waals surface area contributed by atoms with E-state index in [1.807, 2.05) is 0 Å². The van der Waals surface area contributed by atoms with Crippen LogP contribution in [0, 0.1) is 18.8 Å². The van der Waals surface area contributed by atoms with E-state index in [4.69, 9.17) is 39.4 Å². The van der Waals surface area contributed by atoms with E-state index in [9.17, 15) is 66.6 Å². The second-order valence-corrected chi connectivity index (χ2v) is 22.0. The Morgan fingerprint density at radius 2 is 1.09 bits per heavy atom. The van der Waals surface area contributed by atoms with Crippen LogP contribution in [-0.2, 0) is 110 Å². The molecule has 0 aromatic carbocycles. The van der Waals surface area contributed by atoms with E-state index in [1.165, 1.54) is 0 Å². The van der Waals surface area contributed by atoms with E-state index < -0.39 is 76.8 Å². The Morgan fingerprint density at radius 3 is 1.62 bits per heavy atom. The van der Waals surface area contributed by atoms with Crippen molar-refractivity contribution in [1.29, 1.82) is 0 Å². The summed E-state index contributed by atoms with van der Waals surface area (Å²) in [6, 6.07) is -2.64. The number of Topliss-reactive ketones (excluding diaryl/α,β-unsaturated/α-hetero) is 2. The minimum Gasteiger partial charge on any atom is -0.481 e. The van der Waals surface area contributed by atoms with E-state index in [0.29, 0.717) is 38.4 Å². The summed E-state index contributed by atoms with van der Waals surface area (Å²) < 4.78 is 51.6. The van der Waals surface area contributed by atoms with E-state index in [0.717, 1.165) is 82.4 Å². The summed E-state index contributed by atoms with van der Waals surface area (Å²) in [7, 11) is -3.86. The number of aliphatic carboxylic acids is 3. The number of thioether (sulfide) groups is 1. The second-order valence-electron chi connectivity index (χ2n) is 19.4. The van der Waals surface area contributed by atoms with Gasteiger partial charge in [0.2, 0.25) is 23.6 Å². The van der Waals surface area contributed by atoms with Crippen LogP contribution < -0.4 is 27.0 Å². The van der Waals surface area contributed by atoms with Crippen molar-refractivity contribution in [3.05, 3.63) is 6.92 Å². The molecule has 0 aromatic heterocycles. The summed E-state index contributed by atoms with van der Waals surface area (Å²) in [5.74, 6) is -7.86. The summed E-state index contributed by atoms with van der Waals surface area (Å²) in [4.78, 5) is 117. The molecule has 0 aliphatic heterocycles. The third-order valence-electron chi connectivity index (χ3n) is 11.8. The van der Waals surface area contributed by atoms with Gasteiger partial charge in [-0.2, -0.15) is 20.2 Å². The molecule has 0 saturated carbocycles. The third-order valence-corrected chi connectivity index (χ3v) is 13.7. The number of rotatable bonds is 55. The van der Waals surface area contributed by atoms with E-state index in [2.05, 4.69) is 28.2 Å². The number of ether oxygens (including phenoxy) is 4. The number of ketones is 2. The normalized spacial score (nSPS) is 12.9. The number of carbonyl (C=O) groups excluding carboxylic acids is 7. The largest absolute Gasteiger partial charge is 0.481 e. The van der Waals surface area contributed by atoms with Gasteiger partial charge in [-0.15, -0.1) is 5.92 Å². The third kappa shape index (κ3) is 55.6. The van der Waals surface area contributed by atoms with Gasteiger partial charge >= 0.3 is 17.9 Å². The molecule has 0 aromatic rings. The van der Waals surface area contributed by atoms with Crippen LogP contribution in [-0.4, -0.2) is 201 Å². The van der Waals surface area contributed by atoms with Crippen molar-refractivity contribution in [3.63, 3.8) is 0 Å². The van der Waals surface area contributed by atoms with Crippen LogP contribution in [0.2, 0.25) is 0 Å². The van der Waals surface area contributed by atoms with Crippen molar-refractivity contribution in [3.8, 4) is 0 Å². The first kappa shape index (κ1) is 82.6. The van der Waals surface area contributed by atoms with Gasteiger partial charge in [-0.1, -0.05) is 70.6 Å². The predicted molar refractivity (Wildman–Crippen MR) is 301 cm³/mol. The quantitative estimate of drug-likeness (QED) is 0.0181. The average Bonchev–Trinajstić information content (AvgIpc) is 3.40. The molecule has 0 fully saturated rings. The average molecular weight is 1290 g/mol. The smallest absolute Gasteiger partial charge is 0.326 e. The van der Waals surface area contributed by atoms with Crippen molar-refractivity contribution in [2.75, 3.05) is 89.8 Å². The van der Waals surface area contributed by atoms with Gasteiger partial charge < -0.3 is 82.9 Å². The molecule has 26 nitrogen and oxygen atoms in total. The molecule has 0 unspecified atom stereocenters. The number of aliphatic hydroxyl groups excluding tert-OH is 1. The van der Waals surface area contributed by atoms with Gasteiger partial charge in [-0.3, -0.25) is 33.3 Å². The Hall–Kier alpha value is -3.58. The molecule has 0 rings (SSSR count). The molecule has 0 heterocycles. The summed E-state index contributed by atoms with van der Waals surface area (Å²) in [5.41, 5.74) is 4.92. The maximum atomic E-state index is 12.3. The van der Waals surface area contributed by atoms with Crippen LogP contribution in [0.25, 0.3) is 0 Å². The standard InChI is InChI=1S/C50H87N4O20S2.C3H7NO.Y/c1-38(43(57)32-39(33-55)48(62)63)36-75-37-47(61)51-23-15-14-19-41(49(64)65)54-46(60)35-74-30-27-71-25-17-18-40(56)34-73-29-28-72-26-24-52-44(58)22-21-42(50(66)67)53-45(59)20-13-11-9-7-5-3-2-4-6-8-10-12-16-31-76(68,69)70;1-3(4)2-5;/h38-39,41-42,55H,1-37H2,(H,51,61)(H,52,58)(H,53,59)(H,54,60)(H,62,63)(H,64,65)(H,66,67)(H,68,69,70);2-3H,4H2,1H3;/q-1;;/t38-,39-,41+,42-;3-;/m00./s1. The molecule has 4 amide bonds. The first-order valence-electron chi connectivity index (χ1n) is 27.9. The molecule has 0 saturated heterocycles. The fourth-order valence-electron chi connectivity index (χ4n) is 7.17. The summed E-state index contributed by atoms with van der Waals surface area (Å²) in [6.45, 7) is 5.51. The van der Waals surface area contributed by atoms with Crippen LogP contribution >= 0.6 is 11.8 Å². The molecule has 0 aliphatic carbocycles. The zero-order valence-electron chi connectivity index (χ0n) is 47.9. The zero-order valence-corrected chi connectivity index (χ0v) is 52.3. The number of aldehydes is 1. The van der Waals surface area contributed by atoms with Gasteiger partial charge in [0, 0.05) is 78.1 Å². The summed E-state index contributed by atoms with van der Waals surface area (Å²) in [5, 5.41) is 47.3. The molecule has 0 bridgehead atoms. The molecule has 11 N–H and O–H groups in total. The first-order chi connectivity index (χ1) is 38.5. The van der Waals surface area contributed by atoms with Crippen molar-refractivity contribution >= 4 is 81.3 Å². The number of hydrogen-bond donors (Lipinski definition) is 10. The fourth-order valence-corrected chi connectivity index (χ4v) is 8.62. The second kappa shape index (κ2) is 55.3. The van der Waals surface area contributed by atoms with Gasteiger partial charge in [-0.05, 0) is 57.6 Å². The van der Waals surface area contributed by atoms with E-state index in [-0.39, 0.29) is 177 Å². The maximum Gasteiger partial charge on any atom is 0.326 e. The number of unbranched alkanes of at least 4 members (excludes halogenated alkanes) is 13. The SMILES string of the molecule is C[C@H](N)C=O.[CH2-][C@@H](CSCC(=O)NCCCC[C@@H](NC(=O)COCCOCCCC(=O)COCCOCCNC(=O)CC[C@H](NC(=O)CCCCCCCCCCCCCCCS(=O)(=O)O)C(=O)O)C(=O)O)C(=O)C[C@@H](CO)C(=O)O.[Y]. The van der Waals surface area contributed by atoms with E-state index in [1.54, 1.807) is 6.92 Å². The molecule has 1 radical (unpaired) electrons. The van der Waals surface area contributed by atoms with Gasteiger partial charge in [0.05, 0.1) is 63.1 Å². The van der Waals surface area contributed by atoms with Crippen LogP contribution in [0.4, 0.5) is 0 Å². The molecular formula is C53H94N5O21S2Y-. The maximum absolute atomic E-state index is 12.3. The zero-order chi connectivity index (χ0) is 61.1. The molecular weight excluding hydrogens is 1200 g/mol. The number of aliphatic hydroxyl groups is 1. The van der Waals surface area contributed by atoms with Crippen LogP contribution in [0.5, 0.6) is 0 Å². The fraction of sp³-hybridized carbons (Fsp3) is 0.792. The first-order valence-corrected chi connectivity index (χ1v) is 30.6. The van der Waals surface area contributed by atoms with Crippen molar-refractivity contribution in [2.24, 2.45) is 17.6 Å². The topological polar surface area (TPSA) is 417 Å². The number of nitrogens with one attached hydrogen (secondary N) is 4.